The van der Waals surface area contributed by atoms with E-state index in [1.54, 1.807) is 0 Å². The minimum Gasteiger partial charge on any atom is -0.495 e. The normalized spacial score (nSPS) is 23.9. The lowest BCUT2D eigenvalue weighted by molar-refractivity contribution is 0.297. The van der Waals surface area contributed by atoms with Crippen LogP contribution < -0.4 is 10.5 Å². The second-order valence-electron chi connectivity index (χ2n) is 4.90. The van der Waals surface area contributed by atoms with Gasteiger partial charge >= 0.3 is 0 Å². The van der Waals surface area contributed by atoms with Gasteiger partial charge in [0.2, 0.25) is 0 Å². The van der Waals surface area contributed by atoms with Crippen LogP contribution in [0.4, 0.5) is 8.78 Å². The summed E-state index contributed by atoms with van der Waals surface area (Å²) < 4.78 is 33.2. The number of likely N-dealkylation sites (tertiary alicyclic amines) is 1. The Morgan fingerprint density at radius 3 is 2.74 bits per heavy atom. The molecule has 19 heavy (non-hydrogen) atoms. The fourth-order valence-electron chi connectivity index (χ4n) is 2.66. The van der Waals surface area contributed by atoms with Crippen molar-refractivity contribution in [2.45, 2.75) is 12.5 Å². The summed E-state index contributed by atoms with van der Waals surface area (Å²) in [6.07, 6.45) is 0.628. The van der Waals surface area contributed by atoms with Crippen LogP contribution in [0.25, 0.3) is 0 Å². The molecule has 0 radical (unpaired) electrons. The molecule has 0 spiro atoms. The maximum Gasteiger partial charge on any atom is 0.153 e. The van der Waals surface area contributed by atoms with Crippen molar-refractivity contribution < 1.29 is 13.5 Å². The zero-order chi connectivity index (χ0) is 14.2. The number of rotatable bonds is 3. The van der Waals surface area contributed by atoms with Crippen LogP contribution in [0, 0.1) is 17.6 Å². The Labute approximate surface area is 116 Å². The topological polar surface area (TPSA) is 38.5 Å². The van der Waals surface area contributed by atoms with Gasteiger partial charge in [-0.15, -0.1) is 0 Å². The molecule has 0 amide bonds. The highest BCUT2D eigenvalue weighted by Crippen LogP contribution is 2.40. The van der Waals surface area contributed by atoms with Crippen LogP contribution in [0.1, 0.15) is 18.0 Å². The summed E-state index contributed by atoms with van der Waals surface area (Å²) in [5, 5.41) is -0.177. The Kier molecular flexibility index (Phi) is 4.28. The van der Waals surface area contributed by atoms with E-state index in [1.165, 1.54) is 7.11 Å². The number of benzene rings is 1. The van der Waals surface area contributed by atoms with E-state index < -0.39 is 11.6 Å². The van der Waals surface area contributed by atoms with Crippen molar-refractivity contribution in [2.75, 3.05) is 27.2 Å². The number of halogens is 3. The molecule has 2 atom stereocenters. The van der Waals surface area contributed by atoms with Crippen molar-refractivity contribution in [3.8, 4) is 5.75 Å². The molecule has 1 saturated heterocycles. The summed E-state index contributed by atoms with van der Waals surface area (Å²) in [5.74, 6) is -1.12. The van der Waals surface area contributed by atoms with Gasteiger partial charge in [0.15, 0.2) is 5.82 Å². The van der Waals surface area contributed by atoms with E-state index in [0.29, 0.717) is 13.0 Å². The van der Waals surface area contributed by atoms with Crippen LogP contribution in [0.5, 0.6) is 5.75 Å². The van der Waals surface area contributed by atoms with Gasteiger partial charge in [0.25, 0.3) is 0 Å². The van der Waals surface area contributed by atoms with Gasteiger partial charge in [-0.1, -0.05) is 11.6 Å². The van der Waals surface area contributed by atoms with Gasteiger partial charge in [-0.05, 0) is 25.9 Å². The summed E-state index contributed by atoms with van der Waals surface area (Å²) in [5.41, 5.74) is 5.63. The average molecular weight is 291 g/mol. The lowest BCUT2D eigenvalue weighted by atomic mass is 9.98. The smallest absolute Gasteiger partial charge is 0.153 e. The van der Waals surface area contributed by atoms with E-state index in [4.69, 9.17) is 22.1 Å². The molecule has 2 rings (SSSR count). The summed E-state index contributed by atoms with van der Waals surface area (Å²) in [6, 6.07) is 0.793. The second kappa shape index (κ2) is 5.61. The monoisotopic (exact) mass is 290 g/mol. The number of hydrogen-bond acceptors (Lipinski definition) is 3. The molecule has 0 aromatic heterocycles. The molecule has 0 bridgehead atoms. The van der Waals surface area contributed by atoms with Crippen molar-refractivity contribution in [3.63, 3.8) is 0 Å². The molecule has 106 valence electrons. The quantitative estimate of drug-likeness (QED) is 0.870. The number of nitrogens with two attached hydrogens (primary N) is 1. The number of nitrogens with zero attached hydrogens (tertiary/aromatic N) is 1. The minimum atomic E-state index is -0.743. The Morgan fingerprint density at radius 2 is 2.21 bits per heavy atom. The van der Waals surface area contributed by atoms with Crippen LogP contribution in [-0.2, 0) is 0 Å². The third kappa shape index (κ3) is 2.55. The van der Waals surface area contributed by atoms with Gasteiger partial charge in [0, 0.05) is 24.2 Å². The van der Waals surface area contributed by atoms with Crippen molar-refractivity contribution in [3.05, 3.63) is 28.3 Å². The maximum absolute atomic E-state index is 14.3. The van der Waals surface area contributed by atoms with Crippen LogP contribution in [-0.4, -0.2) is 32.1 Å². The number of ether oxygens (including phenoxy) is 1. The molecule has 1 heterocycles. The number of methoxy groups -OCH3 is 1. The molecule has 2 N–H and O–H groups in total. The zero-order valence-electron chi connectivity index (χ0n) is 10.9. The van der Waals surface area contributed by atoms with Crippen LogP contribution in [0.15, 0.2) is 6.07 Å². The second-order valence-corrected chi connectivity index (χ2v) is 5.27. The van der Waals surface area contributed by atoms with E-state index in [2.05, 4.69) is 0 Å². The fourth-order valence-corrected chi connectivity index (χ4v) is 2.89. The largest absolute Gasteiger partial charge is 0.495 e. The number of hydrogen-bond donors (Lipinski definition) is 1. The van der Waals surface area contributed by atoms with Gasteiger partial charge in [-0.25, -0.2) is 8.78 Å². The summed E-state index contributed by atoms with van der Waals surface area (Å²) in [7, 11) is 3.16. The molecular weight excluding hydrogens is 274 g/mol. The van der Waals surface area contributed by atoms with E-state index >= 15 is 0 Å². The standard InChI is InChI=1S/C13H17ClF2N2O/c1-18-6-7(5-17)3-9(18)11-8(15)4-10(19-2)12(14)13(11)16/h4,7,9H,3,5-6,17H2,1-2H3. The average Bonchev–Trinajstić information content (AvgIpc) is 2.75. The van der Waals surface area contributed by atoms with Crippen molar-refractivity contribution in [1.29, 1.82) is 0 Å². The highest BCUT2D eigenvalue weighted by molar-refractivity contribution is 6.32. The van der Waals surface area contributed by atoms with E-state index in [-0.39, 0.29) is 28.3 Å². The van der Waals surface area contributed by atoms with Gasteiger partial charge in [0.1, 0.15) is 16.6 Å². The molecular formula is C13H17ClF2N2O. The highest BCUT2D eigenvalue weighted by Gasteiger charge is 2.34. The Hall–Kier alpha value is -0.910. The summed E-state index contributed by atoms with van der Waals surface area (Å²) >= 11 is 5.86. The molecule has 3 nitrogen and oxygen atoms in total. The van der Waals surface area contributed by atoms with E-state index in [0.717, 1.165) is 12.6 Å². The minimum absolute atomic E-state index is 0.00394. The predicted molar refractivity (Wildman–Crippen MR) is 70.5 cm³/mol. The Morgan fingerprint density at radius 1 is 1.53 bits per heavy atom. The third-order valence-corrected chi connectivity index (χ3v) is 4.03. The first-order valence-electron chi connectivity index (χ1n) is 6.11. The molecule has 0 saturated carbocycles. The molecule has 1 aromatic rings. The Bertz CT molecular complexity index is 484. The van der Waals surface area contributed by atoms with Crippen molar-refractivity contribution >= 4 is 11.6 Å². The first-order chi connectivity index (χ1) is 8.99. The SMILES string of the molecule is COc1cc(F)c(C2CC(CN)CN2C)c(F)c1Cl. The highest BCUT2D eigenvalue weighted by atomic mass is 35.5. The van der Waals surface area contributed by atoms with E-state index in [1.807, 2.05) is 11.9 Å². The maximum atomic E-state index is 14.3. The van der Waals surface area contributed by atoms with Crippen LogP contribution in [0.2, 0.25) is 5.02 Å². The zero-order valence-corrected chi connectivity index (χ0v) is 11.7. The molecule has 1 aliphatic heterocycles. The van der Waals surface area contributed by atoms with E-state index in [9.17, 15) is 8.78 Å². The van der Waals surface area contributed by atoms with Crippen molar-refractivity contribution in [1.82, 2.24) is 4.90 Å². The molecule has 1 aromatic carbocycles. The molecule has 6 heteroatoms. The molecule has 1 fully saturated rings. The third-order valence-electron chi connectivity index (χ3n) is 3.68. The van der Waals surface area contributed by atoms with Gasteiger partial charge in [-0.2, -0.15) is 0 Å². The van der Waals surface area contributed by atoms with Gasteiger partial charge in [-0.3, -0.25) is 4.90 Å². The fraction of sp³-hybridized carbons (Fsp3) is 0.538. The van der Waals surface area contributed by atoms with Gasteiger partial charge in [0.05, 0.1) is 7.11 Å². The molecule has 0 aliphatic carbocycles. The lowest BCUT2D eigenvalue weighted by Gasteiger charge is -2.21. The van der Waals surface area contributed by atoms with Crippen molar-refractivity contribution in [2.24, 2.45) is 11.7 Å². The summed E-state index contributed by atoms with van der Waals surface area (Å²) in [4.78, 5) is 1.90. The van der Waals surface area contributed by atoms with Crippen LogP contribution in [0.3, 0.4) is 0 Å². The molecule has 2 unspecified atom stereocenters. The lowest BCUT2D eigenvalue weighted by Crippen LogP contribution is -2.21. The van der Waals surface area contributed by atoms with Gasteiger partial charge < -0.3 is 10.5 Å². The Balaban J connectivity index is 2.43. The molecule has 1 aliphatic rings. The first kappa shape index (κ1) is 14.5. The van der Waals surface area contributed by atoms with Crippen LogP contribution >= 0.6 is 11.6 Å². The summed E-state index contributed by atoms with van der Waals surface area (Å²) in [6.45, 7) is 1.23. The predicted octanol–water partition coefficient (Wildman–Crippen LogP) is 2.58. The first-order valence-corrected chi connectivity index (χ1v) is 6.49.